The van der Waals surface area contributed by atoms with Crippen molar-refractivity contribution in [2.75, 3.05) is 5.32 Å². The molecule has 5 nitrogen and oxygen atoms in total. The number of nitrogens with one attached hydrogen (secondary N) is 1. The normalized spacial score (nSPS) is 10.0. The summed E-state index contributed by atoms with van der Waals surface area (Å²) in [5.74, 6) is 0.0610. The van der Waals surface area contributed by atoms with E-state index in [1.807, 2.05) is 6.07 Å². The van der Waals surface area contributed by atoms with Gasteiger partial charge in [0.2, 0.25) is 0 Å². The second-order valence-electron chi connectivity index (χ2n) is 3.04. The zero-order valence-corrected chi connectivity index (χ0v) is 11.3. The highest BCUT2D eigenvalue weighted by atomic mass is 127. The Kier molecular flexibility index (Phi) is 3.85. The summed E-state index contributed by atoms with van der Waals surface area (Å²) in [6.07, 6.45) is 4.36. The Bertz CT molecular complexity index is 546. The lowest BCUT2D eigenvalue weighted by molar-refractivity contribution is 0.102. The van der Waals surface area contributed by atoms with Gasteiger partial charge in [-0.3, -0.25) is 9.78 Å². The predicted octanol–water partition coefficient (Wildman–Crippen LogP) is 2.38. The van der Waals surface area contributed by atoms with Crippen LogP contribution in [0.25, 0.3) is 0 Å². The fraction of sp³-hybridized carbons (Fsp3) is 0. The molecule has 0 bridgehead atoms. The maximum atomic E-state index is 11.7. The van der Waals surface area contributed by atoms with E-state index in [1.165, 1.54) is 12.4 Å². The van der Waals surface area contributed by atoms with Crippen LogP contribution in [0, 0.1) is 3.57 Å². The number of amides is 1. The van der Waals surface area contributed by atoms with Crippen LogP contribution in [0.15, 0.2) is 30.7 Å². The number of carbonyl (C=O) groups is 1. The van der Waals surface area contributed by atoms with Crippen LogP contribution in [0.3, 0.4) is 0 Å². The SMILES string of the molecule is O=C(Nc1ccc(I)cn1)c1cncc(Cl)n1. The number of carbonyl (C=O) groups excluding carboxylic acids is 1. The van der Waals surface area contributed by atoms with E-state index >= 15 is 0 Å². The van der Waals surface area contributed by atoms with Crippen LogP contribution in [0.4, 0.5) is 5.82 Å². The van der Waals surface area contributed by atoms with Gasteiger partial charge in [-0.1, -0.05) is 11.6 Å². The monoisotopic (exact) mass is 360 g/mol. The Morgan fingerprint density at radius 2 is 2.12 bits per heavy atom. The lowest BCUT2D eigenvalue weighted by Crippen LogP contribution is -2.14. The average Bonchev–Trinajstić information content (AvgIpc) is 2.32. The first-order valence-electron chi connectivity index (χ1n) is 4.55. The summed E-state index contributed by atoms with van der Waals surface area (Å²) >= 11 is 7.77. The van der Waals surface area contributed by atoms with Gasteiger partial charge in [0.05, 0.1) is 12.4 Å². The quantitative estimate of drug-likeness (QED) is 0.835. The van der Waals surface area contributed by atoms with Gasteiger partial charge in [0.1, 0.15) is 16.7 Å². The molecule has 0 radical (unpaired) electrons. The van der Waals surface area contributed by atoms with Crippen molar-refractivity contribution in [3.63, 3.8) is 0 Å². The average molecular weight is 361 g/mol. The summed E-state index contributed by atoms with van der Waals surface area (Å²) in [6.45, 7) is 0. The molecule has 0 fully saturated rings. The fourth-order valence-corrected chi connectivity index (χ4v) is 1.55. The van der Waals surface area contributed by atoms with Crippen molar-refractivity contribution in [2.24, 2.45) is 0 Å². The zero-order chi connectivity index (χ0) is 12.3. The number of anilines is 1. The molecule has 0 aliphatic carbocycles. The van der Waals surface area contributed by atoms with E-state index in [9.17, 15) is 4.79 Å². The molecule has 7 heteroatoms. The van der Waals surface area contributed by atoms with Crippen molar-refractivity contribution >= 4 is 45.9 Å². The molecule has 2 rings (SSSR count). The van der Waals surface area contributed by atoms with E-state index in [1.54, 1.807) is 12.3 Å². The molecule has 2 aromatic heterocycles. The topological polar surface area (TPSA) is 67.8 Å². The molecule has 2 heterocycles. The first-order valence-corrected chi connectivity index (χ1v) is 6.01. The van der Waals surface area contributed by atoms with Gasteiger partial charge in [0.25, 0.3) is 5.91 Å². The summed E-state index contributed by atoms with van der Waals surface area (Å²) < 4.78 is 0.989. The molecule has 1 N–H and O–H groups in total. The largest absolute Gasteiger partial charge is 0.305 e. The summed E-state index contributed by atoms with van der Waals surface area (Å²) in [4.78, 5) is 23.4. The van der Waals surface area contributed by atoms with Gasteiger partial charge in [-0.2, -0.15) is 0 Å². The molecule has 0 aliphatic rings. The second-order valence-corrected chi connectivity index (χ2v) is 4.68. The smallest absolute Gasteiger partial charge is 0.277 e. The maximum Gasteiger partial charge on any atom is 0.277 e. The summed E-state index contributed by atoms with van der Waals surface area (Å²) in [7, 11) is 0. The number of aromatic nitrogens is 3. The minimum absolute atomic E-state index is 0.151. The number of pyridine rings is 1. The third-order valence-electron chi connectivity index (χ3n) is 1.81. The molecule has 2 aromatic rings. The summed E-state index contributed by atoms with van der Waals surface area (Å²) in [6, 6.07) is 3.55. The van der Waals surface area contributed by atoms with E-state index in [4.69, 9.17) is 11.6 Å². The molecule has 0 atom stereocenters. The zero-order valence-electron chi connectivity index (χ0n) is 8.39. The van der Waals surface area contributed by atoms with Gasteiger partial charge in [-0.05, 0) is 34.7 Å². The van der Waals surface area contributed by atoms with Gasteiger partial charge < -0.3 is 5.32 Å². The molecule has 0 spiro atoms. The van der Waals surface area contributed by atoms with Crippen LogP contribution in [-0.4, -0.2) is 20.9 Å². The number of halogens is 2. The highest BCUT2D eigenvalue weighted by Gasteiger charge is 2.09. The van der Waals surface area contributed by atoms with Gasteiger partial charge in [-0.25, -0.2) is 9.97 Å². The molecule has 0 saturated carbocycles. The van der Waals surface area contributed by atoms with Crippen molar-refractivity contribution < 1.29 is 4.79 Å². The van der Waals surface area contributed by atoms with E-state index in [0.29, 0.717) is 5.82 Å². The molecule has 1 amide bonds. The second kappa shape index (κ2) is 5.37. The van der Waals surface area contributed by atoms with Crippen molar-refractivity contribution in [1.29, 1.82) is 0 Å². The van der Waals surface area contributed by atoms with Crippen LogP contribution < -0.4 is 5.32 Å². The number of hydrogen-bond donors (Lipinski definition) is 1. The molecule has 0 aliphatic heterocycles. The Balaban J connectivity index is 2.14. The lowest BCUT2D eigenvalue weighted by Gasteiger charge is -2.03. The number of rotatable bonds is 2. The van der Waals surface area contributed by atoms with E-state index in [-0.39, 0.29) is 10.8 Å². The molecule has 0 aromatic carbocycles. The number of nitrogens with zero attached hydrogens (tertiary/aromatic N) is 3. The molecule has 0 unspecified atom stereocenters. The van der Waals surface area contributed by atoms with Crippen LogP contribution >= 0.6 is 34.2 Å². The van der Waals surface area contributed by atoms with Gasteiger partial charge in [-0.15, -0.1) is 0 Å². The third-order valence-corrected chi connectivity index (χ3v) is 2.63. The van der Waals surface area contributed by atoms with Crippen molar-refractivity contribution in [1.82, 2.24) is 15.0 Å². The van der Waals surface area contributed by atoms with Crippen molar-refractivity contribution in [3.05, 3.63) is 45.1 Å². The van der Waals surface area contributed by atoms with Gasteiger partial charge >= 0.3 is 0 Å². The van der Waals surface area contributed by atoms with Crippen LogP contribution in [0.2, 0.25) is 5.15 Å². The van der Waals surface area contributed by atoms with Crippen molar-refractivity contribution in [2.45, 2.75) is 0 Å². The molecular weight excluding hydrogens is 354 g/mol. The van der Waals surface area contributed by atoms with E-state index in [2.05, 4.69) is 42.9 Å². The third kappa shape index (κ3) is 3.34. The summed E-state index contributed by atoms with van der Waals surface area (Å²) in [5, 5.41) is 2.77. The first kappa shape index (κ1) is 12.2. The number of hydrogen-bond acceptors (Lipinski definition) is 4. The Morgan fingerprint density at radius 1 is 1.29 bits per heavy atom. The minimum atomic E-state index is -0.395. The highest BCUT2D eigenvalue weighted by Crippen LogP contribution is 2.09. The minimum Gasteiger partial charge on any atom is -0.305 e. The van der Waals surface area contributed by atoms with Crippen molar-refractivity contribution in [3.8, 4) is 0 Å². The van der Waals surface area contributed by atoms with Gasteiger partial charge in [0.15, 0.2) is 0 Å². The van der Waals surface area contributed by atoms with Crippen LogP contribution in [-0.2, 0) is 0 Å². The fourth-order valence-electron chi connectivity index (χ4n) is 1.08. The van der Waals surface area contributed by atoms with Gasteiger partial charge in [0, 0.05) is 9.77 Å². The Hall–Kier alpha value is -1.28. The van der Waals surface area contributed by atoms with Crippen LogP contribution in [0.5, 0.6) is 0 Å². The summed E-state index contributed by atoms with van der Waals surface area (Å²) in [5.41, 5.74) is 0.151. The Labute approximate surface area is 116 Å². The van der Waals surface area contributed by atoms with Crippen LogP contribution in [0.1, 0.15) is 10.5 Å². The predicted molar refractivity (Wildman–Crippen MR) is 71.9 cm³/mol. The lowest BCUT2D eigenvalue weighted by atomic mass is 10.4. The molecule has 86 valence electrons. The highest BCUT2D eigenvalue weighted by molar-refractivity contribution is 14.1. The maximum absolute atomic E-state index is 11.7. The first-order chi connectivity index (χ1) is 8.15. The Morgan fingerprint density at radius 3 is 2.76 bits per heavy atom. The van der Waals surface area contributed by atoms with E-state index < -0.39 is 5.91 Å². The molecule has 17 heavy (non-hydrogen) atoms. The molecular formula is C10H6ClIN4O. The van der Waals surface area contributed by atoms with E-state index in [0.717, 1.165) is 3.57 Å². The molecule has 0 saturated heterocycles. The standard InChI is InChI=1S/C10H6ClIN4O/c11-8-5-13-4-7(15-8)10(17)16-9-2-1-6(12)3-14-9/h1-5H,(H,14,16,17).